The van der Waals surface area contributed by atoms with Crippen LogP contribution in [0.3, 0.4) is 0 Å². The van der Waals surface area contributed by atoms with Crippen molar-refractivity contribution in [1.82, 2.24) is 5.32 Å². The maximum absolute atomic E-state index is 13.4. The first-order valence-corrected chi connectivity index (χ1v) is 8.43. The van der Waals surface area contributed by atoms with E-state index in [-0.39, 0.29) is 46.9 Å². The number of carbonyl (C=O) groups excluding carboxylic acids is 1. The van der Waals surface area contributed by atoms with Gasteiger partial charge in [0.05, 0.1) is 28.8 Å². The van der Waals surface area contributed by atoms with Crippen LogP contribution in [-0.2, 0) is 16.1 Å². The van der Waals surface area contributed by atoms with Crippen LogP contribution in [0.15, 0.2) is 36.4 Å². The third-order valence-corrected chi connectivity index (χ3v) is 3.92. The average Bonchev–Trinajstić information content (AvgIpc) is 2.58. The van der Waals surface area contributed by atoms with E-state index in [1.54, 1.807) is 0 Å². The van der Waals surface area contributed by atoms with Crippen molar-refractivity contribution in [3.63, 3.8) is 0 Å². The molecule has 1 amide bonds. The van der Waals surface area contributed by atoms with Gasteiger partial charge in [0.2, 0.25) is 5.91 Å². The van der Waals surface area contributed by atoms with Crippen molar-refractivity contribution in [3.8, 4) is 0 Å². The fourth-order valence-electron chi connectivity index (χ4n) is 2.24. The number of nitrogens with one attached hydrogen (secondary N) is 1. The number of alkyl halides is 2. The number of hydrogen-bond acceptors (Lipinski definition) is 4. The van der Waals surface area contributed by atoms with Crippen LogP contribution < -0.4 is 10.4 Å². The Kier molecular flexibility index (Phi) is 7.73. The van der Waals surface area contributed by atoms with E-state index >= 15 is 0 Å². The van der Waals surface area contributed by atoms with Crippen LogP contribution in [0.5, 0.6) is 0 Å². The van der Waals surface area contributed by atoms with E-state index in [1.165, 1.54) is 24.3 Å². The Hall–Kier alpha value is -2.00. The van der Waals surface area contributed by atoms with Crippen LogP contribution in [0.4, 0.5) is 24.5 Å². The highest BCUT2D eigenvalue weighted by Gasteiger charge is 2.22. The number of benzene rings is 2. The summed E-state index contributed by atoms with van der Waals surface area (Å²) in [5, 5.41) is 11.4. The van der Waals surface area contributed by atoms with Crippen LogP contribution in [0.2, 0.25) is 10.0 Å². The third-order valence-electron chi connectivity index (χ3n) is 3.34. The monoisotopic (exact) mass is 422 g/mol. The van der Waals surface area contributed by atoms with Gasteiger partial charge in [-0.05, 0) is 29.8 Å². The first kappa shape index (κ1) is 21.3. The fourth-order valence-corrected chi connectivity index (χ4v) is 2.86. The number of aliphatic hydroxyl groups is 1. The molecule has 10 heteroatoms. The van der Waals surface area contributed by atoms with E-state index in [2.05, 4.69) is 10.2 Å². The molecular formula is C17H15Cl2F3N2O3. The van der Waals surface area contributed by atoms with Gasteiger partial charge in [-0.15, -0.1) is 0 Å². The molecule has 2 aromatic rings. The van der Waals surface area contributed by atoms with Crippen molar-refractivity contribution in [2.75, 3.05) is 18.2 Å². The molecule has 0 aliphatic rings. The molecule has 0 fully saturated rings. The molecule has 0 atom stereocenters. The highest BCUT2D eigenvalue weighted by atomic mass is 35.5. The Morgan fingerprint density at radius 1 is 1.19 bits per heavy atom. The predicted octanol–water partition coefficient (Wildman–Crippen LogP) is 4.08. The second-order valence-corrected chi connectivity index (χ2v) is 6.11. The molecule has 0 radical (unpaired) electrons. The fraction of sp³-hybridized carbons (Fsp3) is 0.235. The number of rotatable bonds is 8. The van der Waals surface area contributed by atoms with Gasteiger partial charge in [-0.1, -0.05) is 35.3 Å². The largest absolute Gasteiger partial charge is 0.395 e. The lowest BCUT2D eigenvalue weighted by atomic mass is 10.1. The number of carbonyl (C=O) groups is 1. The third kappa shape index (κ3) is 6.00. The van der Waals surface area contributed by atoms with Crippen LogP contribution >= 0.6 is 23.2 Å². The molecule has 5 nitrogen and oxygen atoms in total. The molecular weight excluding hydrogens is 408 g/mol. The van der Waals surface area contributed by atoms with Gasteiger partial charge in [-0.2, -0.15) is 13.6 Å². The Morgan fingerprint density at radius 3 is 2.30 bits per heavy atom. The number of aliphatic hydroxyl groups excluding tert-OH is 1. The van der Waals surface area contributed by atoms with E-state index < -0.39 is 12.4 Å². The van der Waals surface area contributed by atoms with Crippen molar-refractivity contribution in [3.05, 3.63) is 57.8 Å². The minimum atomic E-state index is -3.19. The molecule has 0 unspecified atom stereocenters. The van der Waals surface area contributed by atoms with Crippen LogP contribution in [-0.4, -0.2) is 30.8 Å². The van der Waals surface area contributed by atoms with Gasteiger partial charge >= 0.3 is 6.61 Å². The minimum Gasteiger partial charge on any atom is -0.395 e. The summed E-state index contributed by atoms with van der Waals surface area (Å²) >= 11 is 11.9. The minimum absolute atomic E-state index is 0.0358. The standard InChI is InChI=1S/C17H15Cl2F3N2O3/c18-13-8-11(20)9-14(19)16(13)24(27-17(21)22)12-3-1-10(2-4-12)7-15(26)23-5-6-25/h1-4,8-9,17,25H,5-7H2,(H,23,26). The van der Waals surface area contributed by atoms with Gasteiger partial charge in [0, 0.05) is 6.54 Å². The molecule has 2 rings (SSSR count). The molecule has 0 aromatic heterocycles. The molecule has 2 aromatic carbocycles. The Morgan fingerprint density at radius 2 is 1.78 bits per heavy atom. The van der Waals surface area contributed by atoms with Gasteiger partial charge < -0.3 is 10.4 Å². The summed E-state index contributed by atoms with van der Waals surface area (Å²) in [5.41, 5.74) is 0.598. The van der Waals surface area contributed by atoms with Crippen molar-refractivity contribution < 1.29 is 27.9 Å². The Bertz CT molecular complexity index is 768. The maximum Gasteiger partial charge on any atom is 0.365 e. The van der Waals surface area contributed by atoms with Gasteiger partial charge in [-0.3, -0.25) is 4.79 Å². The normalized spacial score (nSPS) is 10.9. The van der Waals surface area contributed by atoms with E-state index in [0.29, 0.717) is 10.6 Å². The van der Waals surface area contributed by atoms with Gasteiger partial charge in [0.25, 0.3) is 0 Å². The van der Waals surface area contributed by atoms with Crippen LogP contribution in [0.1, 0.15) is 5.56 Å². The van der Waals surface area contributed by atoms with Crippen molar-refractivity contribution in [1.29, 1.82) is 0 Å². The van der Waals surface area contributed by atoms with Gasteiger partial charge in [0.15, 0.2) is 0 Å². The molecule has 27 heavy (non-hydrogen) atoms. The van der Waals surface area contributed by atoms with Gasteiger partial charge in [0.1, 0.15) is 11.5 Å². The molecule has 0 heterocycles. The second-order valence-electron chi connectivity index (χ2n) is 5.30. The quantitative estimate of drug-likeness (QED) is 0.629. The topological polar surface area (TPSA) is 61.8 Å². The summed E-state index contributed by atoms with van der Waals surface area (Å²) in [5.74, 6) is -1.03. The second kappa shape index (κ2) is 9.80. The smallest absolute Gasteiger partial charge is 0.365 e. The number of hydrogen-bond donors (Lipinski definition) is 2. The summed E-state index contributed by atoms with van der Waals surface area (Å²) in [7, 11) is 0. The first-order valence-electron chi connectivity index (χ1n) is 7.68. The number of nitrogens with zero attached hydrogens (tertiary/aromatic N) is 1. The average molecular weight is 423 g/mol. The number of halogens is 5. The molecule has 0 saturated heterocycles. The number of anilines is 2. The zero-order valence-electron chi connectivity index (χ0n) is 13.8. The SMILES string of the molecule is O=C(Cc1ccc(N(OC(F)F)c2c(Cl)cc(F)cc2Cl)cc1)NCCO. The lowest BCUT2D eigenvalue weighted by Crippen LogP contribution is -2.27. The molecule has 0 saturated carbocycles. The lowest BCUT2D eigenvalue weighted by Gasteiger charge is -2.25. The first-order chi connectivity index (χ1) is 12.8. The summed E-state index contributed by atoms with van der Waals surface area (Å²) in [4.78, 5) is 16.2. The summed E-state index contributed by atoms with van der Waals surface area (Å²) < 4.78 is 39.1. The molecule has 0 spiro atoms. The molecule has 0 aliphatic carbocycles. The summed E-state index contributed by atoms with van der Waals surface area (Å²) in [6.07, 6.45) is 0.0358. The van der Waals surface area contributed by atoms with E-state index in [4.69, 9.17) is 28.3 Å². The highest BCUT2D eigenvalue weighted by molar-refractivity contribution is 6.39. The van der Waals surface area contributed by atoms with E-state index in [9.17, 15) is 18.0 Å². The zero-order valence-corrected chi connectivity index (χ0v) is 15.3. The van der Waals surface area contributed by atoms with Crippen molar-refractivity contribution in [2.24, 2.45) is 0 Å². The lowest BCUT2D eigenvalue weighted by molar-refractivity contribution is -0.129. The summed E-state index contributed by atoms with van der Waals surface area (Å²) in [6, 6.07) is 7.75. The summed E-state index contributed by atoms with van der Waals surface area (Å²) in [6.45, 7) is -3.23. The van der Waals surface area contributed by atoms with Crippen LogP contribution in [0, 0.1) is 5.82 Å². The van der Waals surface area contributed by atoms with Crippen molar-refractivity contribution in [2.45, 2.75) is 13.0 Å². The zero-order chi connectivity index (χ0) is 20.0. The molecule has 146 valence electrons. The van der Waals surface area contributed by atoms with E-state index in [0.717, 1.165) is 12.1 Å². The predicted molar refractivity (Wildman–Crippen MR) is 95.9 cm³/mol. The molecule has 0 bridgehead atoms. The van der Waals surface area contributed by atoms with E-state index in [1.807, 2.05) is 0 Å². The van der Waals surface area contributed by atoms with Crippen molar-refractivity contribution >= 4 is 40.5 Å². The van der Waals surface area contributed by atoms with Gasteiger partial charge in [-0.25, -0.2) is 9.45 Å². The molecule has 0 aliphatic heterocycles. The maximum atomic E-state index is 13.4. The molecule has 2 N–H and O–H groups in total. The van der Waals surface area contributed by atoms with Crippen LogP contribution in [0.25, 0.3) is 0 Å². The highest BCUT2D eigenvalue weighted by Crippen LogP contribution is 2.39. The Labute approximate surface area is 163 Å². The Balaban J connectivity index is 2.29. The number of amides is 1.